The van der Waals surface area contributed by atoms with Crippen LogP contribution in [0.15, 0.2) is 24.3 Å². The maximum absolute atomic E-state index is 2.45. The van der Waals surface area contributed by atoms with Gasteiger partial charge in [0.2, 0.25) is 0 Å². The van der Waals surface area contributed by atoms with Crippen LogP contribution in [-0.2, 0) is 24.7 Å². The van der Waals surface area contributed by atoms with Gasteiger partial charge >= 0.3 is 0 Å². The van der Waals surface area contributed by atoms with Crippen molar-refractivity contribution in [1.29, 1.82) is 0 Å². The molecular formula is C21H24. The maximum Gasteiger partial charge on any atom is -0.00940 e. The van der Waals surface area contributed by atoms with Crippen LogP contribution in [0.4, 0.5) is 0 Å². The first-order valence-electron chi connectivity index (χ1n) is 8.22. The molecule has 2 aliphatic carbocycles. The van der Waals surface area contributed by atoms with E-state index in [1.54, 1.807) is 33.4 Å². The van der Waals surface area contributed by atoms with Crippen molar-refractivity contribution in [2.75, 3.05) is 0 Å². The van der Waals surface area contributed by atoms with Gasteiger partial charge in [0.1, 0.15) is 0 Å². The van der Waals surface area contributed by atoms with Crippen molar-refractivity contribution >= 4 is 0 Å². The van der Waals surface area contributed by atoms with Gasteiger partial charge in [0, 0.05) is 0 Å². The van der Waals surface area contributed by atoms with Crippen LogP contribution in [-0.4, -0.2) is 0 Å². The van der Waals surface area contributed by atoms with Crippen LogP contribution in [0.2, 0.25) is 0 Å². The van der Waals surface area contributed by atoms with Crippen molar-refractivity contribution in [1.82, 2.24) is 0 Å². The normalized spacial score (nSPS) is 18.1. The molecule has 0 heteroatoms. The number of hydrogen-bond acceptors (Lipinski definition) is 0. The van der Waals surface area contributed by atoms with E-state index in [-0.39, 0.29) is 5.41 Å². The lowest BCUT2D eigenvalue weighted by Gasteiger charge is -2.30. The monoisotopic (exact) mass is 276 g/mol. The summed E-state index contributed by atoms with van der Waals surface area (Å²) >= 11 is 0. The molecular weight excluding hydrogens is 252 g/mol. The molecule has 4 rings (SSSR count). The van der Waals surface area contributed by atoms with Gasteiger partial charge in [-0.3, -0.25) is 0 Å². The zero-order valence-electron chi connectivity index (χ0n) is 13.6. The van der Waals surface area contributed by atoms with Gasteiger partial charge in [-0.15, -0.1) is 0 Å². The van der Waals surface area contributed by atoms with E-state index >= 15 is 0 Å². The third-order valence-corrected chi connectivity index (χ3v) is 5.47. The molecule has 0 aromatic heterocycles. The zero-order valence-corrected chi connectivity index (χ0v) is 13.6. The van der Waals surface area contributed by atoms with Crippen LogP contribution in [0.1, 0.15) is 53.6 Å². The minimum atomic E-state index is 0.275. The molecule has 0 unspecified atom stereocenters. The van der Waals surface area contributed by atoms with Gasteiger partial charge in [0.15, 0.2) is 0 Å². The lowest BCUT2D eigenvalue weighted by molar-refractivity contribution is 0.485. The van der Waals surface area contributed by atoms with E-state index in [9.17, 15) is 0 Å². The van der Waals surface area contributed by atoms with Gasteiger partial charge < -0.3 is 0 Å². The molecule has 0 fully saturated rings. The SMILES string of the molecule is Cc1cc2c3c(c1)CCC(C)(C)c1cc(C)cc(c1-3)CC2. The van der Waals surface area contributed by atoms with Gasteiger partial charge in [-0.05, 0) is 78.3 Å². The maximum atomic E-state index is 2.45. The third-order valence-electron chi connectivity index (χ3n) is 5.47. The van der Waals surface area contributed by atoms with Crippen LogP contribution in [0.3, 0.4) is 0 Å². The Morgan fingerprint density at radius 3 is 1.90 bits per heavy atom. The van der Waals surface area contributed by atoms with E-state index < -0.39 is 0 Å². The van der Waals surface area contributed by atoms with Gasteiger partial charge in [0.05, 0.1) is 0 Å². The standard InChI is InChI=1S/C21H24/c1-13-9-15-5-6-16-11-14(2)12-18-20(16)19(15)17(10-13)7-8-21(18,3)4/h9-12H,5-8H2,1-4H3. The fourth-order valence-corrected chi connectivity index (χ4v) is 4.40. The van der Waals surface area contributed by atoms with Crippen LogP contribution in [0, 0.1) is 13.8 Å². The molecule has 0 heterocycles. The summed E-state index contributed by atoms with van der Waals surface area (Å²) in [6.07, 6.45) is 4.87. The summed E-state index contributed by atoms with van der Waals surface area (Å²) in [4.78, 5) is 0. The van der Waals surface area contributed by atoms with E-state index in [1.165, 1.54) is 36.8 Å². The van der Waals surface area contributed by atoms with E-state index in [2.05, 4.69) is 52.0 Å². The van der Waals surface area contributed by atoms with Crippen molar-refractivity contribution in [3.63, 3.8) is 0 Å². The van der Waals surface area contributed by atoms with E-state index in [4.69, 9.17) is 0 Å². The molecule has 0 amide bonds. The summed E-state index contributed by atoms with van der Waals surface area (Å²) in [5.74, 6) is 0. The average Bonchev–Trinajstić information content (AvgIpc) is 2.53. The summed E-state index contributed by atoms with van der Waals surface area (Å²) in [7, 11) is 0. The van der Waals surface area contributed by atoms with Crippen molar-refractivity contribution < 1.29 is 0 Å². The fraction of sp³-hybridized carbons (Fsp3) is 0.429. The Labute approximate surface area is 128 Å². The Hall–Kier alpha value is -1.56. The molecule has 0 N–H and O–H groups in total. The van der Waals surface area contributed by atoms with Gasteiger partial charge in [0.25, 0.3) is 0 Å². The van der Waals surface area contributed by atoms with Crippen LogP contribution in [0.5, 0.6) is 0 Å². The van der Waals surface area contributed by atoms with Crippen molar-refractivity contribution in [2.45, 2.75) is 58.8 Å². The molecule has 0 spiro atoms. The predicted octanol–water partition coefficient (Wildman–Crippen LogP) is 5.29. The molecule has 0 bridgehead atoms. The summed E-state index contributed by atoms with van der Waals surface area (Å²) in [6, 6.07) is 9.72. The number of hydrogen-bond donors (Lipinski definition) is 0. The molecule has 0 atom stereocenters. The second kappa shape index (κ2) is 4.22. The highest BCUT2D eigenvalue weighted by Crippen LogP contribution is 2.47. The highest BCUT2D eigenvalue weighted by molar-refractivity contribution is 5.81. The van der Waals surface area contributed by atoms with Crippen LogP contribution in [0.25, 0.3) is 11.1 Å². The quantitative estimate of drug-likeness (QED) is 0.613. The Bertz CT molecular complexity index is 747. The Morgan fingerprint density at radius 2 is 1.24 bits per heavy atom. The molecule has 0 radical (unpaired) electrons. The van der Waals surface area contributed by atoms with Crippen LogP contribution < -0.4 is 0 Å². The highest BCUT2D eigenvalue weighted by Gasteiger charge is 2.33. The molecule has 21 heavy (non-hydrogen) atoms. The minimum absolute atomic E-state index is 0.275. The van der Waals surface area contributed by atoms with E-state index in [0.29, 0.717) is 0 Å². The van der Waals surface area contributed by atoms with Crippen LogP contribution >= 0.6 is 0 Å². The topological polar surface area (TPSA) is 0 Å². The molecule has 0 nitrogen and oxygen atoms in total. The smallest absolute Gasteiger partial charge is 0.00940 e. The Morgan fingerprint density at radius 1 is 0.714 bits per heavy atom. The van der Waals surface area contributed by atoms with E-state index in [1.807, 2.05) is 0 Å². The van der Waals surface area contributed by atoms with Crippen molar-refractivity contribution in [2.24, 2.45) is 0 Å². The molecule has 0 saturated heterocycles. The van der Waals surface area contributed by atoms with E-state index in [0.717, 1.165) is 0 Å². The first-order valence-corrected chi connectivity index (χ1v) is 8.22. The second-order valence-corrected chi connectivity index (χ2v) is 7.69. The minimum Gasteiger partial charge on any atom is -0.0558 e. The second-order valence-electron chi connectivity index (χ2n) is 7.69. The molecule has 2 aliphatic rings. The first kappa shape index (κ1) is 13.1. The van der Waals surface area contributed by atoms with Crippen molar-refractivity contribution in [3.8, 4) is 11.1 Å². The molecule has 2 aromatic carbocycles. The van der Waals surface area contributed by atoms with Crippen molar-refractivity contribution in [3.05, 3.63) is 57.6 Å². The average molecular weight is 276 g/mol. The number of aryl methyl sites for hydroxylation is 5. The summed E-state index contributed by atoms with van der Waals surface area (Å²) in [6.45, 7) is 9.35. The third kappa shape index (κ3) is 1.88. The lowest BCUT2D eigenvalue weighted by atomic mass is 9.74. The van der Waals surface area contributed by atoms with Gasteiger partial charge in [-0.25, -0.2) is 0 Å². The highest BCUT2D eigenvalue weighted by atomic mass is 14.4. The first-order chi connectivity index (χ1) is 9.95. The largest absolute Gasteiger partial charge is 0.0558 e. The molecule has 0 aliphatic heterocycles. The Kier molecular flexibility index (Phi) is 2.64. The summed E-state index contributed by atoms with van der Waals surface area (Å²) in [5.41, 5.74) is 12.6. The molecule has 0 saturated carbocycles. The molecule has 108 valence electrons. The lowest BCUT2D eigenvalue weighted by Crippen LogP contribution is -2.19. The predicted molar refractivity (Wildman–Crippen MR) is 90.1 cm³/mol. The molecule has 2 aromatic rings. The fourth-order valence-electron chi connectivity index (χ4n) is 4.40. The number of benzene rings is 2. The van der Waals surface area contributed by atoms with Gasteiger partial charge in [-0.2, -0.15) is 0 Å². The number of rotatable bonds is 0. The van der Waals surface area contributed by atoms with Gasteiger partial charge in [-0.1, -0.05) is 49.2 Å². The summed E-state index contributed by atoms with van der Waals surface area (Å²) in [5, 5.41) is 0. The zero-order chi connectivity index (χ0) is 14.8. The Balaban J connectivity index is 2.14. The summed E-state index contributed by atoms with van der Waals surface area (Å²) < 4.78 is 0.